The van der Waals surface area contributed by atoms with Crippen LogP contribution in [0.1, 0.15) is 0 Å². The number of rotatable bonds is 5. The lowest BCUT2D eigenvalue weighted by Gasteiger charge is -2.12. The van der Waals surface area contributed by atoms with Crippen molar-refractivity contribution in [1.82, 2.24) is 9.78 Å². The van der Waals surface area contributed by atoms with Gasteiger partial charge in [-0.3, -0.25) is 0 Å². The van der Waals surface area contributed by atoms with Gasteiger partial charge in [-0.05, 0) is 48.5 Å². The smallest absolute Gasteiger partial charge is 0.168 e. The molecule has 5 aromatic rings. The Morgan fingerprint density at radius 1 is 0.645 bits per heavy atom. The van der Waals surface area contributed by atoms with Gasteiger partial charge in [0.2, 0.25) is 0 Å². The van der Waals surface area contributed by atoms with Crippen LogP contribution in [0.15, 0.2) is 78.9 Å². The maximum atomic E-state index is 5.69. The van der Waals surface area contributed by atoms with E-state index < -0.39 is 0 Å². The Labute approximate surface area is 180 Å². The van der Waals surface area contributed by atoms with Crippen molar-refractivity contribution in [3.8, 4) is 34.2 Å². The van der Waals surface area contributed by atoms with Crippen molar-refractivity contribution >= 4 is 21.7 Å². The van der Waals surface area contributed by atoms with Crippen molar-refractivity contribution in [2.24, 2.45) is 0 Å². The molecule has 154 valence electrons. The summed E-state index contributed by atoms with van der Waals surface area (Å²) < 4.78 is 18.5. The number of methoxy groups -OCH3 is 3. The van der Waals surface area contributed by atoms with E-state index >= 15 is 0 Å². The van der Waals surface area contributed by atoms with Crippen LogP contribution in [0.3, 0.4) is 0 Å². The third-order valence-electron chi connectivity index (χ3n) is 5.54. The molecule has 4 aromatic carbocycles. The first-order chi connectivity index (χ1) is 15.2. The summed E-state index contributed by atoms with van der Waals surface area (Å²) in [4.78, 5) is 0. The fourth-order valence-corrected chi connectivity index (χ4v) is 4.06. The van der Waals surface area contributed by atoms with Crippen LogP contribution in [0.2, 0.25) is 0 Å². The summed E-state index contributed by atoms with van der Waals surface area (Å²) in [5.41, 5.74) is 3.97. The van der Waals surface area contributed by atoms with Gasteiger partial charge >= 0.3 is 0 Å². The average molecular weight is 410 g/mol. The zero-order valence-electron chi connectivity index (χ0n) is 17.6. The Hall–Kier alpha value is -3.99. The van der Waals surface area contributed by atoms with Gasteiger partial charge in [0.05, 0.1) is 32.5 Å². The number of hydrogen-bond acceptors (Lipinski definition) is 4. The molecular formula is C26H22N2O3. The molecule has 0 fully saturated rings. The minimum atomic E-state index is 0.702. The van der Waals surface area contributed by atoms with Gasteiger partial charge < -0.3 is 14.2 Å². The Balaban J connectivity index is 1.88. The first-order valence-corrected chi connectivity index (χ1v) is 10.0. The molecule has 0 unspecified atom stereocenters. The number of aromatic nitrogens is 2. The molecule has 1 heterocycles. The normalized spacial score (nSPS) is 11.1. The fourth-order valence-electron chi connectivity index (χ4n) is 4.06. The molecule has 0 atom stereocenters. The first kappa shape index (κ1) is 19.0. The molecule has 0 aliphatic heterocycles. The minimum absolute atomic E-state index is 0.702. The predicted molar refractivity (Wildman–Crippen MR) is 124 cm³/mol. The van der Waals surface area contributed by atoms with Gasteiger partial charge in [0.15, 0.2) is 11.5 Å². The van der Waals surface area contributed by atoms with Crippen molar-refractivity contribution in [2.45, 2.75) is 0 Å². The molecule has 1 aromatic heterocycles. The van der Waals surface area contributed by atoms with Crippen molar-refractivity contribution in [2.75, 3.05) is 21.3 Å². The first-order valence-electron chi connectivity index (χ1n) is 10.0. The van der Waals surface area contributed by atoms with Crippen LogP contribution in [0.5, 0.6) is 17.2 Å². The van der Waals surface area contributed by atoms with E-state index in [0.29, 0.717) is 11.5 Å². The molecule has 0 saturated carbocycles. The molecule has 5 nitrogen and oxygen atoms in total. The van der Waals surface area contributed by atoms with Crippen molar-refractivity contribution < 1.29 is 14.2 Å². The van der Waals surface area contributed by atoms with Gasteiger partial charge in [-0.25, -0.2) is 4.68 Å². The Morgan fingerprint density at radius 2 is 1.35 bits per heavy atom. The standard InChI is InChI=1S/C26H22N2O3/c1-29-19-11-9-18(10-12-19)28-25-20-15-16-23(30-2)26(31-3)21(20)13-14-22(25)24(27-28)17-7-5-4-6-8-17/h4-16H,1-3H3. The van der Waals surface area contributed by atoms with Crippen LogP contribution in [0.25, 0.3) is 38.6 Å². The quantitative estimate of drug-likeness (QED) is 0.363. The highest BCUT2D eigenvalue weighted by molar-refractivity contribution is 6.12. The van der Waals surface area contributed by atoms with Gasteiger partial charge in [-0.15, -0.1) is 0 Å². The maximum Gasteiger partial charge on any atom is 0.168 e. The zero-order valence-corrected chi connectivity index (χ0v) is 17.6. The van der Waals surface area contributed by atoms with E-state index in [1.807, 2.05) is 53.2 Å². The third kappa shape index (κ3) is 3.06. The summed E-state index contributed by atoms with van der Waals surface area (Å²) in [6, 6.07) is 26.3. The molecule has 0 aliphatic rings. The molecule has 5 rings (SSSR count). The minimum Gasteiger partial charge on any atom is -0.497 e. The molecule has 0 bridgehead atoms. The Morgan fingerprint density at radius 3 is 2.03 bits per heavy atom. The lowest BCUT2D eigenvalue weighted by atomic mass is 10.0. The van der Waals surface area contributed by atoms with Crippen LogP contribution in [0.4, 0.5) is 0 Å². The summed E-state index contributed by atoms with van der Waals surface area (Å²) in [5.74, 6) is 2.22. The van der Waals surface area contributed by atoms with Crippen LogP contribution in [0, 0.1) is 0 Å². The maximum absolute atomic E-state index is 5.69. The molecular weight excluding hydrogens is 388 g/mol. The van der Waals surface area contributed by atoms with Crippen LogP contribution in [-0.2, 0) is 0 Å². The lowest BCUT2D eigenvalue weighted by Crippen LogP contribution is -1.98. The zero-order chi connectivity index (χ0) is 21.4. The Kier molecular flexibility index (Phi) is 4.71. The van der Waals surface area contributed by atoms with Gasteiger partial charge in [0.25, 0.3) is 0 Å². The summed E-state index contributed by atoms with van der Waals surface area (Å²) >= 11 is 0. The van der Waals surface area contributed by atoms with Crippen LogP contribution >= 0.6 is 0 Å². The van der Waals surface area contributed by atoms with E-state index in [0.717, 1.165) is 44.4 Å². The summed E-state index contributed by atoms with van der Waals surface area (Å²) in [6.45, 7) is 0. The van der Waals surface area contributed by atoms with Gasteiger partial charge in [-0.1, -0.05) is 30.3 Å². The van der Waals surface area contributed by atoms with Crippen molar-refractivity contribution in [1.29, 1.82) is 0 Å². The molecule has 0 N–H and O–H groups in total. The Bertz CT molecular complexity index is 1370. The molecule has 0 radical (unpaired) electrons. The topological polar surface area (TPSA) is 45.5 Å². The number of nitrogens with zero attached hydrogens (tertiary/aromatic N) is 2. The van der Waals surface area contributed by atoms with E-state index in [2.05, 4.69) is 30.3 Å². The van der Waals surface area contributed by atoms with E-state index in [1.165, 1.54) is 0 Å². The van der Waals surface area contributed by atoms with Gasteiger partial charge in [-0.2, -0.15) is 5.10 Å². The second-order valence-electron chi connectivity index (χ2n) is 7.18. The second-order valence-corrected chi connectivity index (χ2v) is 7.18. The van der Waals surface area contributed by atoms with E-state index in [1.54, 1.807) is 21.3 Å². The lowest BCUT2D eigenvalue weighted by molar-refractivity contribution is 0.358. The largest absolute Gasteiger partial charge is 0.497 e. The highest BCUT2D eigenvalue weighted by Gasteiger charge is 2.19. The predicted octanol–water partition coefficient (Wildman–Crippen LogP) is 5.87. The molecule has 0 amide bonds. The van der Waals surface area contributed by atoms with E-state index in [4.69, 9.17) is 19.3 Å². The number of hydrogen-bond donors (Lipinski definition) is 0. The molecule has 31 heavy (non-hydrogen) atoms. The van der Waals surface area contributed by atoms with Crippen molar-refractivity contribution in [3.05, 3.63) is 78.9 Å². The van der Waals surface area contributed by atoms with E-state index in [-0.39, 0.29) is 0 Å². The van der Waals surface area contributed by atoms with E-state index in [9.17, 15) is 0 Å². The van der Waals surface area contributed by atoms with Gasteiger partial charge in [0.1, 0.15) is 11.4 Å². The number of ether oxygens (including phenoxy) is 3. The number of fused-ring (bicyclic) bond motifs is 3. The molecule has 0 saturated heterocycles. The van der Waals surface area contributed by atoms with Gasteiger partial charge in [0, 0.05) is 21.7 Å². The summed E-state index contributed by atoms with van der Waals surface area (Å²) in [6.07, 6.45) is 0. The monoisotopic (exact) mass is 410 g/mol. The summed E-state index contributed by atoms with van der Waals surface area (Å²) in [7, 11) is 4.98. The second kappa shape index (κ2) is 7.69. The summed E-state index contributed by atoms with van der Waals surface area (Å²) in [5, 5.41) is 8.13. The highest BCUT2D eigenvalue weighted by Crippen LogP contribution is 2.41. The molecule has 5 heteroatoms. The molecule has 0 aliphatic carbocycles. The van der Waals surface area contributed by atoms with Crippen molar-refractivity contribution in [3.63, 3.8) is 0 Å². The SMILES string of the molecule is COc1ccc(-n2nc(-c3ccccc3)c3ccc4c(OC)c(OC)ccc4c32)cc1. The average Bonchev–Trinajstić information content (AvgIpc) is 3.24. The van der Waals surface area contributed by atoms with Crippen LogP contribution in [-0.4, -0.2) is 31.1 Å². The number of benzene rings is 4. The van der Waals surface area contributed by atoms with Crippen LogP contribution < -0.4 is 14.2 Å². The molecule has 0 spiro atoms. The third-order valence-corrected chi connectivity index (χ3v) is 5.54. The fraction of sp³-hybridized carbons (Fsp3) is 0.115. The highest BCUT2D eigenvalue weighted by atomic mass is 16.5.